The summed E-state index contributed by atoms with van der Waals surface area (Å²) in [6.45, 7) is 9.48. The van der Waals surface area contributed by atoms with Gasteiger partial charge in [0.1, 0.15) is 12.7 Å². The van der Waals surface area contributed by atoms with Gasteiger partial charge in [-0.25, -0.2) is 4.79 Å². The number of carbonyl (C=O) groups excluding carboxylic acids is 1. The lowest BCUT2D eigenvalue weighted by molar-refractivity contribution is -0.139. The van der Waals surface area contributed by atoms with E-state index in [2.05, 4.69) is 13.2 Å². The molecule has 0 aromatic heterocycles. The fourth-order valence-corrected chi connectivity index (χ4v) is 0.456. The van der Waals surface area contributed by atoms with Crippen LogP contribution in [0.2, 0.25) is 0 Å². The van der Waals surface area contributed by atoms with Crippen LogP contribution in [-0.4, -0.2) is 31.2 Å². The molecule has 0 aromatic carbocycles. The number of alkyl halides is 1. The molecule has 0 spiro atoms. The molecule has 1 aliphatic heterocycles. The van der Waals surface area contributed by atoms with Gasteiger partial charge in [-0.05, 0) is 6.92 Å². The molecule has 1 unspecified atom stereocenters. The number of epoxide rings is 1. The first-order valence-corrected chi connectivity index (χ1v) is 4.76. The van der Waals surface area contributed by atoms with E-state index in [0.717, 1.165) is 0 Å². The lowest BCUT2D eigenvalue weighted by Gasteiger charge is -1.99. The Kier molecular flexibility index (Phi) is 7.16. The van der Waals surface area contributed by atoms with E-state index in [1.165, 1.54) is 0 Å². The molecule has 0 bridgehead atoms. The first kappa shape index (κ1) is 13.2. The van der Waals surface area contributed by atoms with Gasteiger partial charge in [-0.3, -0.25) is 0 Å². The van der Waals surface area contributed by atoms with Crippen LogP contribution in [0.15, 0.2) is 24.8 Å². The number of halogens is 1. The summed E-state index contributed by atoms with van der Waals surface area (Å²) >= 11 is 5.07. The number of carbonyl (C=O) groups is 1. The van der Waals surface area contributed by atoms with Gasteiger partial charge in [-0.1, -0.05) is 12.7 Å². The van der Waals surface area contributed by atoms with E-state index in [-0.39, 0.29) is 12.1 Å². The first-order chi connectivity index (χ1) is 6.61. The van der Waals surface area contributed by atoms with Gasteiger partial charge in [-0.2, -0.15) is 0 Å². The molecule has 1 heterocycles. The highest BCUT2D eigenvalue weighted by atomic mass is 35.5. The van der Waals surface area contributed by atoms with Crippen molar-refractivity contribution in [1.29, 1.82) is 0 Å². The second kappa shape index (κ2) is 7.59. The average molecular weight is 219 g/mol. The Morgan fingerprint density at radius 2 is 2.29 bits per heavy atom. The Morgan fingerprint density at radius 1 is 1.79 bits per heavy atom. The molecule has 1 aliphatic rings. The van der Waals surface area contributed by atoms with Crippen LogP contribution in [0.3, 0.4) is 0 Å². The van der Waals surface area contributed by atoms with Gasteiger partial charge in [0.2, 0.25) is 0 Å². The van der Waals surface area contributed by atoms with Crippen LogP contribution in [0.5, 0.6) is 0 Å². The summed E-state index contributed by atoms with van der Waals surface area (Å²) in [6.07, 6.45) is 1.78. The zero-order valence-corrected chi connectivity index (χ0v) is 9.05. The minimum Gasteiger partial charge on any atom is -0.459 e. The minimum atomic E-state index is -0.337. The van der Waals surface area contributed by atoms with E-state index in [1.54, 1.807) is 13.0 Å². The van der Waals surface area contributed by atoms with Crippen molar-refractivity contribution < 1.29 is 14.3 Å². The van der Waals surface area contributed by atoms with Crippen LogP contribution in [0.4, 0.5) is 0 Å². The zero-order chi connectivity index (χ0) is 11.0. The molecule has 0 amide bonds. The summed E-state index contributed by atoms with van der Waals surface area (Å²) in [5, 5.41) is 0. The maximum atomic E-state index is 10.7. The maximum Gasteiger partial charge on any atom is 0.333 e. The van der Waals surface area contributed by atoms with Gasteiger partial charge in [-0.15, -0.1) is 18.2 Å². The van der Waals surface area contributed by atoms with Crippen LogP contribution in [0.25, 0.3) is 0 Å². The molecule has 0 aliphatic carbocycles. The number of rotatable bonds is 4. The van der Waals surface area contributed by atoms with E-state index >= 15 is 0 Å². The van der Waals surface area contributed by atoms with Crippen molar-refractivity contribution in [3.8, 4) is 0 Å². The Labute approximate surface area is 89.3 Å². The van der Waals surface area contributed by atoms with Crippen molar-refractivity contribution in [3.05, 3.63) is 24.8 Å². The Morgan fingerprint density at radius 3 is 2.57 bits per heavy atom. The summed E-state index contributed by atoms with van der Waals surface area (Å²) in [5.74, 6) is 0.218. The van der Waals surface area contributed by atoms with Crippen LogP contribution in [0.1, 0.15) is 6.92 Å². The molecule has 1 atom stereocenters. The fourth-order valence-electron chi connectivity index (χ4n) is 0.456. The molecule has 3 nitrogen and oxygen atoms in total. The standard InChI is InChI=1S/C7H10O3.C3H5Cl/c1-5(2)7(8)10-4-6-3-9-6;1-2-3-4/h6H,1,3-4H2,2H3;2H,1,3H2. The Balaban J connectivity index is 0.000000364. The quantitative estimate of drug-likeness (QED) is 0.238. The van der Waals surface area contributed by atoms with Gasteiger partial charge < -0.3 is 9.47 Å². The third kappa shape index (κ3) is 7.83. The highest BCUT2D eigenvalue weighted by molar-refractivity contribution is 6.18. The normalized spacial score (nSPS) is 17.4. The Bertz CT molecular complexity index is 209. The summed E-state index contributed by atoms with van der Waals surface area (Å²) in [4.78, 5) is 10.7. The summed E-state index contributed by atoms with van der Waals surface area (Å²) < 4.78 is 9.60. The van der Waals surface area contributed by atoms with Crippen LogP contribution in [-0.2, 0) is 14.3 Å². The molecule has 0 N–H and O–H groups in total. The van der Waals surface area contributed by atoms with Gasteiger partial charge in [0.25, 0.3) is 0 Å². The summed E-state index contributed by atoms with van der Waals surface area (Å²) in [7, 11) is 0. The lowest BCUT2D eigenvalue weighted by Crippen LogP contribution is -2.09. The monoisotopic (exact) mass is 218 g/mol. The predicted molar refractivity (Wildman–Crippen MR) is 56.4 cm³/mol. The highest BCUT2D eigenvalue weighted by Crippen LogP contribution is 2.09. The maximum absolute atomic E-state index is 10.7. The number of hydrogen-bond acceptors (Lipinski definition) is 3. The molecule has 80 valence electrons. The van der Waals surface area contributed by atoms with Crippen LogP contribution < -0.4 is 0 Å². The van der Waals surface area contributed by atoms with Gasteiger partial charge >= 0.3 is 5.97 Å². The second-order valence-electron chi connectivity index (χ2n) is 2.78. The number of esters is 1. The molecule has 1 rings (SSSR count). The average Bonchev–Trinajstić information content (AvgIpc) is 2.98. The third-order valence-electron chi connectivity index (χ3n) is 1.26. The van der Waals surface area contributed by atoms with Crippen LogP contribution >= 0.6 is 11.6 Å². The molecule has 14 heavy (non-hydrogen) atoms. The van der Waals surface area contributed by atoms with Gasteiger partial charge in [0.15, 0.2) is 0 Å². The molecule has 0 aromatic rings. The lowest BCUT2D eigenvalue weighted by atomic mass is 10.4. The first-order valence-electron chi connectivity index (χ1n) is 4.23. The van der Waals surface area contributed by atoms with E-state index in [9.17, 15) is 4.79 Å². The molecule has 1 fully saturated rings. The van der Waals surface area contributed by atoms with Crippen LogP contribution in [0, 0.1) is 0 Å². The van der Waals surface area contributed by atoms with Crippen molar-refractivity contribution in [3.63, 3.8) is 0 Å². The SMILES string of the molecule is C=C(C)C(=O)OCC1CO1.C=CCCl. The number of hydrogen-bond donors (Lipinski definition) is 0. The van der Waals surface area contributed by atoms with Crippen molar-refractivity contribution in [2.24, 2.45) is 0 Å². The van der Waals surface area contributed by atoms with Crippen molar-refractivity contribution in [2.75, 3.05) is 19.1 Å². The van der Waals surface area contributed by atoms with E-state index in [0.29, 0.717) is 24.7 Å². The number of allylic oxidation sites excluding steroid dienone is 1. The molecule has 4 heteroatoms. The van der Waals surface area contributed by atoms with E-state index in [4.69, 9.17) is 21.1 Å². The fraction of sp³-hybridized carbons (Fsp3) is 0.500. The zero-order valence-electron chi connectivity index (χ0n) is 8.29. The smallest absolute Gasteiger partial charge is 0.333 e. The Hall–Kier alpha value is -0.800. The number of ether oxygens (including phenoxy) is 2. The van der Waals surface area contributed by atoms with E-state index in [1.807, 2.05) is 0 Å². The van der Waals surface area contributed by atoms with Crippen molar-refractivity contribution in [1.82, 2.24) is 0 Å². The largest absolute Gasteiger partial charge is 0.459 e. The second-order valence-corrected chi connectivity index (χ2v) is 3.09. The van der Waals surface area contributed by atoms with E-state index < -0.39 is 0 Å². The topological polar surface area (TPSA) is 38.8 Å². The summed E-state index contributed by atoms with van der Waals surface area (Å²) in [5.41, 5.74) is 0.431. The predicted octanol–water partition coefficient (Wildman–Crippen LogP) is 1.92. The highest BCUT2D eigenvalue weighted by Gasteiger charge is 2.24. The molecule has 0 saturated carbocycles. The van der Waals surface area contributed by atoms with Crippen molar-refractivity contribution >= 4 is 17.6 Å². The van der Waals surface area contributed by atoms with Gasteiger partial charge in [0, 0.05) is 11.5 Å². The molecule has 0 radical (unpaired) electrons. The minimum absolute atomic E-state index is 0.142. The third-order valence-corrected chi connectivity index (χ3v) is 1.48. The molecular weight excluding hydrogens is 204 g/mol. The van der Waals surface area contributed by atoms with Crippen molar-refractivity contribution in [2.45, 2.75) is 13.0 Å². The summed E-state index contributed by atoms with van der Waals surface area (Å²) in [6, 6.07) is 0. The van der Waals surface area contributed by atoms with Gasteiger partial charge in [0.05, 0.1) is 6.61 Å². The molecule has 1 saturated heterocycles. The molecular formula is C10H15ClO3.